The number of benzene rings is 1. The fourth-order valence-corrected chi connectivity index (χ4v) is 2.66. The van der Waals surface area contributed by atoms with Gasteiger partial charge in [-0.25, -0.2) is 4.79 Å². The number of alkyl halides is 3. The van der Waals surface area contributed by atoms with Crippen LogP contribution in [0.2, 0.25) is 0 Å². The second-order valence-corrected chi connectivity index (χ2v) is 6.02. The Hall–Kier alpha value is -2.09. The van der Waals surface area contributed by atoms with E-state index in [9.17, 15) is 22.8 Å². The first-order valence-corrected chi connectivity index (χ1v) is 8.07. The summed E-state index contributed by atoms with van der Waals surface area (Å²) < 4.78 is 42.7. The van der Waals surface area contributed by atoms with Crippen molar-refractivity contribution in [3.63, 3.8) is 0 Å². The number of ether oxygens (including phenoxy) is 1. The maximum atomic E-state index is 12.5. The molecule has 25 heavy (non-hydrogen) atoms. The van der Waals surface area contributed by atoms with E-state index in [1.807, 2.05) is 6.92 Å². The Bertz CT molecular complexity index is 582. The number of hydrogen-bond donors (Lipinski definition) is 0. The van der Waals surface area contributed by atoms with Crippen LogP contribution in [0.15, 0.2) is 24.3 Å². The molecule has 1 aromatic carbocycles. The van der Waals surface area contributed by atoms with E-state index in [1.54, 1.807) is 4.90 Å². The van der Waals surface area contributed by atoms with E-state index < -0.39 is 17.8 Å². The Balaban J connectivity index is 1.78. The molecule has 1 aromatic rings. The number of carbonyl (C=O) groups is 2. The van der Waals surface area contributed by atoms with Gasteiger partial charge in [0.2, 0.25) is 0 Å². The molecule has 1 aliphatic rings. The standard InChI is InChI=1S/C17H21F3N2O3/c1-13(6-11-23)21-7-9-22(10-8-21)16(24)25-12-14-2-4-15(5-3-14)17(18,19)20/h2-5,11,13H,6-10,12H2,1H3. The minimum absolute atomic E-state index is 0.0707. The van der Waals surface area contributed by atoms with Gasteiger partial charge in [-0.3, -0.25) is 4.90 Å². The Labute approximate surface area is 144 Å². The van der Waals surface area contributed by atoms with Crippen molar-refractivity contribution in [3.05, 3.63) is 35.4 Å². The van der Waals surface area contributed by atoms with Gasteiger partial charge in [0.15, 0.2) is 0 Å². The van der Waals surface area contributed by atoms with Crippen molar-refractivity contribution in [3.8, 4) is 0 Å². The zero-order valence-corrected chi connectivity index (χ0v) is 14.0. The zero-order valence-electron chi connectivity index (χ0n) is 14.0. The largest absolute Gasteiger partial charge is 0.445 e. The molecule has 1 unspecified atom stereocenters. The smallest absolute Gasteiger partial charge is 0.416 e. The Morgan fingerprint density at radius 2 is 1.80 bits per heavy atom. The highest BCUT2D eigenvalue weighted by atomic mass is 19.4. The highest BCUT2D eigenvalue weighted by molar-refractivity contribution is 5.67. The summed E-state index contributed by atoms with van der Waals surface area (Å²) in [6.45, 7) is 4.20. The van der Waals surface area contributed by atoms with Crippen molar-refractivity contribution in [2.75, 3.05) is 26.2 Å². The fraction of sp³-hybridized carbons (Fsp3) is 0.529. The van der Waals surface area contributed by atoms with Gasteiger partial charge >= 0.3 is 12.3 Å². The highest BCUT2D eigenvalue weighted by Gasteiger charge is 2.30. The summed E-state index contributed by atoms with van der Waals surface area (Å²) in [6, 6.07) is 4.68. The number of hydrogen-bond acceptors (Lipinski definition) is 4. The lowest BCUT2D eigenvalue weighted by Crippen LogP contribution is -2.51. The monoisotopic (exact) mass is 358 g/mol. The minimum Gasteiger partial charge on any atom is -0.445 e. The molecule has 0 aromatic heterocycles. The maximum Gasteiger partial charge on any atom is 0.416 e. The first kappa shape index (κ1) is 19.2. The van der Waals surface area contributed by atoms with Crippen LogP contribution < -0.4 is 0 Å². The van der Waals surface area contributed by atoms with Crippen molar-refractivity contribution in [1.29, 1.82) is 0 Å². The average molecular weight is 358 g/mol. The summed E-state index contributed by atoms with van der Waals surface area (Å²) in [5, 5.41) is 0. The van der Waals surface area contributed by atoms with Crippen LogP contribution in [0.3, 0.4) is 0 Å². The number of piperazine rings is 1. The summed E-state index contributed by atoms with van der Waals surface area (Å²) in [6.07, 6.45) is -3.52. The van der Waals surface area contributed by atoms with Gasteiger partial charge in [0, 0.05) is 38.6 Å². The van der Waals surface area contributed by atoms with Crippen LogP contribution in [0.4, 0.5) is 18.0 Å². The molecule has 138 valence electrons. The Morgan fingerprint density at radius 1 is 1.20 bits per heavy atom. The number of rotatable bonds is 5. The molecule has 8 heteroatoms. The van der Waals surface area contributed by atoms with Gasteiger partial charge in [-0.05, 0) is 24.6 Å². The van der Waals surface area contributed by atoms with Crippen molar-refractivity contribution in [1.82, 2.24) is 9.80 Å². The van der Waals surface area contributed by atoms with Gasteiger partial charge in [0.1, 0.15) is 12.9 Å². The van der Waals surface area contributed by atoms with Gasteiger partial charge in [-0.15, -0.1) is 0 Å². The SMILES string of the molecule is CC(CC=O)N1CCN(C(=O)OCc2ccc(C(F)(F)F)cc2)CC1. The molecule has 0 N–H and O–H groups in total. The van der Waals surface area contributed by atoms with Crippen LogP contribution in [-0.4, -0.2) is 54.4 Å². The van der Waals surface area contributed by atoms with E-state index in [0.717, 1.165) is 18.4 Å². The van der Waals surface area contributed by atoms with Crippen LogP contribution in [0, 0.1) is 0 Å². The molecule has 1 fully saturated rings. The maximum absolute atomic E-state index is 12.5. The van der Waals surface area contributed by atoms with Crippen LogP contribution >= 0.6 is 0 Å². The third-order valence-electron chi connectivity index (χ3n) is 4.28. The van der Waals surface area contributed by atoms with Crippen molar-refractivity contribution in [2.24, 2.45) is 0 Å². The molecule has 1 atom stereocenters. The van der Waals surface area contributed by atoms with E-state index in [4.69, 9.17) is 4.74 Å². The molecule has 0 aliphatic carbocycles. The lowest BCUT2D eigenvalue weighted by molar-refractivity contribution is -0.137. The van der Waals surface area contributed by atoms with Gasteiger partial charge in [-0.2, -0.15) is 13.2 Å². The van der Waals surface area contributed by atoms with E-state index in [1.165, 1.54) is 12.1 Å². The van der Waals surface area contributed by atoms with Gasteiger partial charge in [0.25, 0.3) is 0 Å². The van der Waals surface area contributed by atoms with Crippen molar-refractivity contribution in [2.45, 2.75) is 32.2 Å². The quantitative estimate of drug-likeness (QED) is 0.760. The van der Waals surface area contributed by atoms with Crippen LogP contribution in [-0.2, 0) is 22.3 Å². The Kier molecular flexibility index (Phi) is 6.41. The second kappa shape index (κ2) is 8.33. The van der Waals surface area contributed by atoms with E-state index in [0.29, 0.717) is 38.2 Å². The fourth-order valence-electron chi connectivity index (χ4n) is 2.66. The Morgan fingerprint density at radius 3 is 2.32 bits per heavy atom. The lowest BCUT2D eigenvalue weighted by atomic mass is 10.1. The molecule has 1 amide bonds. The number of nitrogens with zero attached hydrogens (tertiary/aromatic N) is 2. The number of halogens is 3. The molecule has 0 bridgehead atoms. The van der Waals surface area contributed by atoms with Gasteiger partial charge in [-0.1, -0.05) is 12.1 Å². The average Bonchev–Trinajstić information content (AvgIpc) is 2.59. The van der Waals surface area contributed by atoms with Crippen molar-refractivity contribution < 1.29 is 27.5 Å². The number of aldehydes is 1. The van der Waals surface area contributed by atoms with Crippen LogP contribution in [0.5, 0.6) is 0 Å². The molecular weight excluding hydrogens is 337 g/mol. The molecule has 1 heterocycles. The topological polar surface area (TPSA) is 49.9 Å². The summed E-state index contributed by atoms with van der Waals surface area (Å²) in [5.41, 5.74) is -0.234. The number of amides is 1. The summed E-state index contributed by atoms with van der Waals surface area (Å²) in [7, 11) is 0. The molecule has 5 nitrogen and oxygen atoms in total. The molecule has 0 radical (unpaired) electrons. The van der Waals surface area contributed by atoms with E-state index in [2.05, 4.69) is 4.90 Å². The molecular formula is C17H21F3N2O3. The molecule has 1 aliphatic heterocycles. The predicted octanol–water partition coefficient (Wildman–Crippen LogP) is 2.94. The number of carbonyl (C=O) groups excluding carboxylic acids is 2. The van der Waals surface area contributed by atoms with Crippen LogP contribution in [0.1, 0.15) is 24.5 Å². The minimum atomic E-state index is -4.38. The molecule has 1 saturated heterocycles. The molecule has 0 spiro atoms. The second-order valence-electron chi connectivity index (χ2n) is 6.02. The van der Waals surface area contributed by atoms with E-state index in [-0.39, 0.29) is 12.6 Å². The van der Waals surface area contributed by atoms with Crippen molar-refractivity contribution >= 4 is 12.4 Å². The van der Waals surface area contributed by atoms with Crippen LogP contribution in [0.25, 0.3) is 0 Å². The summed E-state index contributed by atoms with van der Waals surface area (Å²) in [5.74, 6) is 0. The predicted molar refractivity (Wildman–Crippen MR) is 84.9 cm³/mol. The van der Waals surface area contributed by atoms with E-state index >= 15 is 0 Å². The summed E-state index contributed by atoms with van der Waals surface area (Å²) in [4.78, 5) is 26.3. The first-order valence-electron chi connectivity index (χ1n) is 8.07. The highest BCUT2D eigenvalue weighted by Crippen LogP contribution is 2.29. The third-order valence-corrected chi connectivity index (χ3v) is 4.28. The molecule has 0 saturated carbocycles. The summed E-state index contributed by atoms with van der Waals surface area (Å²) >= 11 is 0. The lowest BCUT2D eigenvalue weighted by Gasteiger charge is -2.37. The zero-order chi connectivity index (χ0) is 18.4. The van der Waals surface area contributed by atoms with Gasteiger partial charge in [0.05, 0.1) is 5.56 Å². The normalized spacial score (nSPS) is 17.2. The first-order chi connectivity index (χ1) is 11.8. The third kappa shape index (κ3) is 5.45. The van der Waals surface area contributed by atoms with Gasteiger partial charge < -0.3 is 14.4 Å². The molecule has 2 rings (SSSR count).